The summed E-state index contributed by atoms with van der Waals surface area (Å²) in [7, 11) is 0. The molecular weight excluding hydrogens is 625 g/mol. The molecule has 2 saturated heterocycles. The van der Waals surface area contributed by atoms with Crippen molar-refractivity contribution in [3.8, 4) is 0 Å². The highest BCUT2D eigenvalue weighted by Gasteiger charge is 2.84. The molecule has 0 aromatic carbocycles. The van der Waals surface area contributed by atoms with Crippen molar-refractivity contribution in [1.29, 1.82) is 0 Å². The monoisotopic (exact) mass is 686 g/mol. The Hall–Kier alpha value is -0.710. The van der Waals surface area contributed by atoms with Crippen LogP contribution in [0.2, 0.25) is 0 Å². The van der Waals surface area contributed by atoms with E-state index in [1.165, 1.54) is 38.5 Å². The van der Waals surface area contributed by atoms with E-state index < -0.39 is 6.10 Å². The number of rotatable bonds is 8. The molecule has 2 heterocycles. The molecule has 0 aromatic rings. The molecule has 1 amide bonds. The molecule has 8 fully saturated rings. The lowest BCUT2D eigenvalue weighted by molar-refractivity contribution is -0.248. The van der Waals surface area contributed by atoms with E-state index in [4.69, 9.17) is 14.2 Å². The highest BCUT2D eigenvalue weighted by molar-refractivity contribution is 7.77. The Morgan fingerprint density at radius 1 is 1.08 bits per heavy atom. The maximum absolute atomic E-state index is 12.9. The minimum Gasteiger partial charge on any atom is -0.390 e. The molecule has 270 valence electrons. The fourth-order valence-electron chi connectivity index (χ4n) is 14.0. The van der Waals surface area contributed by atoms with Crippen molar-refractivity contribution >= 4 is 25.0 Å². The van der Waals surface area contributed by atoms with Crippen LogP contribution in [0.3, 0.4) is 0 Å². The van der Waals surface area contributed by atoms with Crippen LogP contribution in [0.4, 0.5) is 0 Å². The van der Waals surface area contributed by atoms with Crippen molar-refractivity contribution in [2.45, 2.75) is 149 Å². The SMILES string of the molecule is C[C@@H]1CC(CN(S)[C@@H](C)C=O)OC2[C@H]1C1(C)CCC34CC35CCC(O[C@H]3CN(C(=O)CC6CC6)CCO3)C(C)(C)[C@@H]5CCC4[C@]1(C)[C@H]2O. The van der Waals surface area contributed by atoms with Crippen molar-refractivity contribution in [3.05, 3.63) is 0 Å². The summed E-state index contributed by atoms with van der Waals surface area (Å²) in [6, 6.07) is -0.270. The van der Waals surface area contributed by atoms with Crippen molar-refractivity contribution in [3.63, 3.8) is 0 Å². The second-order valence-electron chi connectivity index (χ2n) is 19.0. The second-order valence-corrected chi connectivity index (χ2v) is 19.6. The van der Waals surface area contributed by atoms with E-state index in [0.717, 1.165) is 32.0 Å². The number of ether oxygens (including phenoxy) is 3. The Kier molecular flexibility index (Phi) is 8.34. The molecule has 0 aromatic heterocycles. The lowest BCUT2D eigenvalue weighted by atomic mass is 9.41. The Morgan fingerprint density at radius 3 is 2.54 bits per heavy atom. The van der Waals surface area contributed by atoms with Gasteiger partial charge in [0, 0.05) is 24.9 Å². The number of morpholine rings is 1. The smallest absolute Gasteiger partial charge is 0.223 e. The van der Waals surface area contributed by atoms with Gasteiger partial charge in [-0.25, -0.2) is 4.31 Å². The molecule has 9 heteroatoms. The lowest BCUT2D eigenvalue weighted by Gasteiger charge is -2.64. The molecule has 7 unspecified atom stereocenters. The molecule has 14 atom stereocenters. The van der Waals surface area contributed by atoms with Crippen LogP contribution in [0.5, 0.6) is 0 Å². The summed E-state index contributed by atoms with van der Waals surface area (Å²) >= 11 is 4.61. The molecule has 0 bridgehead atoms. The van der Waals surface area contributed by atoms with Gasteiger partial charge in [0.2, 0.25) is 5.91 Å². The number of carbonyl (C=O) groups is 2. The molecule has 2 spiro atoms. The number of fused-ring (bicyclic) bond motifs is 4. The van der Waals surface area contributed by atoms with Gasteiger partial charge in [0.25, 0.3) is 0 Å². The predicted octanol–water partition coefficient (Wildman–Crippen LogP) is 5.90. The van der Waals surface area contributed by atoms with Gasteiger partial charge in [-0.05, 0) is 122 Å². The maximum Gasteiger partial charge on any atom is 0.223 e. The second kappa shape index (κ2) is 11.6. The Balaban J connectivity index is 0.989. The quantitative estimate of drug-likeness (QED) is 0.243. The third kappa shape index (κ3) is 4.78. The summed E-state index contributed by atoms with van der Waals surface area (Å²) in [5.41, 5.74) is 0.463. The predicted molar refractivity (Wildman–Crippen MR) is 186 cm³/mol. The van der Waals surface area contributed by atoms with E-state index in [0.29, 0.717) is 67.7 Å². The number of thiol groups is 1. The van der Waals surface area contributed by atoms with Gasteiger partial charge in [-0.15, -0.1) is 0 Å². The summed E-state index contributed by atoms with van der Waals surface area (Å²) in [6.07, 6.45) is 12.3. The van der Waals surface area contributed by atoms with Crippen LogP contribution >= 0.6 is 12.8 Å². The summed E-state index contributed by atoms with van der Waals surface area (Å²) in [5, 5.41) is 12.5. The molecule has 2 aliphatic heterocycles. The third-order valence-corrected chi connectivity index (χ3v) is 17.3. The van der Waals surface area contributed by atoms with Crippen LogP contribution in [-0.2, 0) is 23.8 Å². The van der Waals surface area contributed by atoms with Gasteiger partial charge < -0.3 is 29.0 Å². The van der Waals surface area contributed by atoms with Crippen LogP contribution < -0.4 is 0 Å². The fourth-order valence-corrected chi connectivity index (χ4v) is 14.2. The lowest BCUT2D eigenvalue weighted by Crippen LogP contribution is -2.60. The number of aliphatic hydroxyl groups is 1. The van der Waals surface area contributed by atoms with E-state index in [2.05, 4.69) is 47.4 Å². The molecular formula is C39H62N2O6S. The Labute approximate surface area is 294 Å². The molecule has 0 radical (unpaired) electrons. The first-order valence-corrected chi connectivity index (χ1v) is 19.9. The number of aldehydes is 1. The molecule has 6 saturated carbocycles. The third-order valence-electron chi connectivity index (χ3n) is 16.7. The Bertz CT molecular complexity index is 1290. The highest BCUT2D eigenvalue weighted by Crippen LogP contribution is 2.89. The van der Waals surface area contributed by atoms with Crippen LogP contribution in [0.25, 0.3) is 0 Å². The van der Waals surface area contributed by atoms with Crippen molar-refractivity contribution in [1.82, 2.24) is 9.21 Å². The van der Waals surface area contributed by atoms with Gasteiger partial charge in [0.05, 0.1) is 43.6 Å². The largest absolute Gasteiger partial charge is 0.390 e. The number of hydrogen-bond acceptors (Lipinski definition) is 8. The van der Waals surface area contributed by atoms with Gasteiger partial charge in [0.1, 0.15) is 6.29 Å². The van der Waals surface area contributed by atoms with Crippen molar-refractivity contribution < 1.29 is 28.9 Å². The number of nitrogens with zero attached hydrogens (tertiary/aromatic N) is 2. The van der Waals surface area contributed by atoms with Gasteiger partial charge in [-0.1, -0.05) is 47.4 Å². The number of aliphatic hydroxyl groups excluding tert-OH is 1. The molecule has 8 rings (SSSR count). The van der Waals surface area contributed by atoms with Crippen LogP contribution in [0, 0.1) is 56.7 Å². The zero-order valence-electron chi connectivity index (χ0n) is 30.4. The van der Waals surface area contributed by atoms with Gasteiger partial charge in [0.15, 0.2) is 6.29 Å². The molecule has 1 N–H and O–H groups in total. The molecule has 8 nitrogen and oxygen atoms in total. The Morgan fingerprint density at radius 2 is 1.81 bits per heavy atom. The number of hydrogen-bond donors (Lipinski definition) is 2. The van der Waals surface area contributed by atoms with E-state index in [-0.39, 0.29) is 58.2 Å². The zero-order valence-corrected chi connectivity index (χ0v) is 31.3. The first kappa shape index (κ1) is 34.4. The standard InChI is InChI=1S/C39H62N2O6S/c1-23-17-26(19-41(48)24(2)21-42)46-33-32(23)36(5)13-14-39-22-38(39)12-11-29(35(3,4)27(38)9-10-28(39)37(36,6)34(33)44)47-31-20-40(15-16-45-31)30(43)18-25-7-8-25/h21,23-29,31-34,44,48H,7-20,22H2,1-6H3/t23-,24+,26?,27+,28?,29?,31+,32+,33?,34+,36?,37-,38?,39?/m1/s1. The first-order chi connectivity index (χ1) is 22.7. The summed E-state index contributed by atoms with van der Waals surface area (Å²) in [5.74, 6) is 2.72. The molecule has 48 heavy (non-hydrogen) atoms. The highest BCUT2D eigenvalue weighted by atomic mass is 32.1. The van der Waals surface area contributed by atoms with E-state index in [1.807, 2.05) is 11.8 Å². The normalized spacial score (nSPS) is 51.2. The maximum atomic E-state index is 12.9. The fraction of sp³-hybridized carbons (Fsp3) is 0.949. The van der Waals surface area contributed by atoms with Gasteiger partial charge >= 0.3 is 0 Å². The summed E-state index contributed by atoms with van der Waals surface area (Å²) in [6.45, 7) is 16.5. The van der Waals surface area contributed by atoms with E-state index in [1.54, 1.807) is 4.31 Å². The van der Waals surface area contributed by atoms with Crippen LogP contribution in [0.1, 0.15) is 112 Å². The van der Waals surface area contributed by atoms with Crippen molar-refractivity contribution in [2.75, 3.05) is 26.2 Å². The zero-order chi connectivity index (χ0) is 34.0. The van der Waals surface area contributed by atoms with Crippen LogP contribution in [0.15, 0.2) is 0 Å². The summed E-state index contributed by atoms with van der Waals surface area (Å²) < 4.78 is 21.6. The minimum atomic E-state index is -0.493. The van der Waals surface area contributed by atoms with E-state index in [9.17, 15) is 14.7 Å². The number of amides is 1. The topological polar surface area (TPSA) is 88.5 Å². The van der Waals surface area contributed by atoms with Crippen LogP contribution in [-0.4, -0.2) is 89.5 Å². The molecule has 8 aliphatic rings. The number of carbonyl (C=O) groups excluding carboxylic acids is 2. The van der Waals surface area contributed by atoms with Gasteiger partial charge in [-0.3, -0.25) is 4.79 Å². The average molecular weight is 687 g/mol. The minimum absolute atomic E-state index is 0.0164. The average Bonchev–Trinajstić information content (AvgIpc) is 3.97. The molecule has 6 aliphatic carbocycles. The first-order valence-electron chi connectivity index (χ1n) is 19.5. The van der Waals surface area contributed by atoms with Crippen molar-refractivity contribution in [2.24, 2.45) is 56.7 Å². The summed E-state index contributed by atoms with van der Waals surface area (Å²) in [4.78, 5) is 26.3. The van der Waals surface area contributed by atoms with E-state index >= 15 is 0 Å². The van der Waals surface area contributed by atoms with Gasteiger partial charge in [-0.2, -0.15) is 0 Å².